The van der Waals surface area contributed by atoms with Gasteiger partial charge in [0.25, 0.3) is 5.91 Å². The minimum atomic E-state index is -0.948. The summed E-state index contributed by atoms with van der Waals surface area (Å²) in [6, 6.07) is 6.92. The Morgan fingerprint density at radius 1 is 1.17 bits per heavy atom. The van der Waals surface area contributed by atoms with Crippen LogP contribution in [-0.2, 0) is 20.1 Å². The first kappa shape index (κ1) is 14.0. The van der Waals surface area contributed by atoms with E-state index in [2.05, 4.69) is 5.10 Å². The predicted molar refractivity (Wildman–Crippen MR) is 82.2 cm³/mol. The van der Waals surface area contributed by atoms with Crippen molar-refractivity contribution >= 4 is 11.9 Å². The average molecular weight is 311 g/mol. The molecule has 23 heavy (non-hydrogen) atoms. The number of hydrogen-bond donors (Lipinski definition) is 1. The van der Waals surface area contributed by atoms with Crippen LogP contribution in [0.5, 0.6) is 0 Å². The summed E-state index contributed by atoms with van der Waals surface area (Å²) in [4.78, 5) is 25.4. The molecule has 0 atom stereocenters. The Hall–Kier alpha value is -2.63. The highest BCUT2D eigenvalue weighted by atomic mass is 16.4. The van der Waals surface area contributed by atoms with Gasteiger partial charge in [-0.15, -0.1) is 0 Å². The Kier molecular flexibility index (Phi) is 3.01. The molecule has 118 valence electrons. The van der Waals surface area contributed by atoms with Crippen molar-refractivity contribution in [2.45, 2.75) is 31.8 Å². The zero-order valence-corrected chi connectivity index (χ0v) is 12.8. The summed E-state index contributed by atoms with van der Waals surface area (Å²) in [5.74, 6) is -0.500. The summed E-state index contributed by atoms with van der Waals surface area (Å²) in [5.41, 5.74) is 3.75. The van der Waals surface area contributed by atoms with Gasteiger partial charge in [-0.05, 0) is 42.2 Å². The molecule has 1 amide bonds. The summed E-state index contributed by atoms with van der Waals surface area (Å²) >= 11 is 0. The number of carboxylic acids is 1. The number of carbonyl (C=O) groups is 2. The lowest BCUT2D eigenvalue weighted by Gasteiger charge is -2.13. The van der Waals surface area contributed by atoms with Crippen LogP contribution in [0, 0.1) is 0 Å². The van der Waals surface area contributed by atoms with Gasteiger partial charge < -0.3 is 10.0 Å². The van der Waals surface area contributed by atoms with Gasteiger partial charge in [-0.1, -0.05) is 6.07 Å². The van der Waals surface area contributed by atoms with Crippen LogP contribution in [0.4, 0.5) is 0 Å². The highest BCUT2D eigenvalue weighted by molar-refractivity contribution is 5.93. The summed E-state index contributed by atoms with van der Waals surface area (Å²) < 4.78 is 1.80. The normalized spacial score (nSPS) is 16.5. The number of aromatic carboxylic acids is 1. The van der Waals surface area contributed by atoms with Gasteiger partial charge in [0.15, 0.2) is 5.69 Å². The number of nitrogens with zero attached hydrogens (tertiary/aromatic N) is 3. The Morgan fingerprint density at radius 2 is 1.91 bits per heavy atom. The first-order chi connectivity index (χ1) is 11.0. The lowest BCUT2D eigenvalue weighted by molar-refractivity contribution is 0.0696. The van der Waals surface area contributed by atoms with Gasteiger partial charge in [-0.2, -0.15) is 5.10 Å². The quantitative estimate of drug-likeness (QED) is 0.942. The number of aryl methyl sites for hydroxylation is 1. The molecule has 4 rings (SSSR count). The molecule has 1 fully saturated rings. The molecule has 0 bridgehead atoms. The van der Waals surface area contributed by atoms with Gasteiger partial charge in [0.05, 0.1) is 5.56 Å². The lowest BCUT2D eigenvalue weighted by atomic mass is 10.1. The molecule has 1 aromatic heterocycles. The minimum absolute atomic E-state index is 0.0967. The van der Waals surface area contributed by atoms with Crippen molar-refractivity contribution < 1.29 is 14.7 Å². The average Bonchev–Trinajstić information content (AvgIpc) is 3.15. The first-order valence-corrected chi connectivity index (χ1v) is 7.71. The maximum absolute atomic E-state index is 12.7. The second-order valence-corrected chi connectivity index (χ2v) is 6.30. The van der Waals surface area contributed by atoms with E-state index in [1.807, 2.05) is 13.1 Å². The van der Waals surface area contributed by atoms with Crippen molar-refractivity contribution in [1.29, 1.82) is 0 Å². The number of fused-ring (bicyclic) bond motifs is 1. The molecular formula is C17H17N3O3. The number of carboxylic acid groups (broad SMARTS) is 1. The third kappa shape index (κ3) is 2.40. The van der Waals surface area contributed by atoms with Crippen molar-refractivity contribution in [3.05, 3.63) is 52.3 Å². The molecule has 0 radical (unpaired) electrons. The van der Waals surface area contributed by atoms with E-state index in [1.54, 1.807) is 27.8 Å². The fraction of sp³-hybridized carbons (Fsp3) is 0.353. The fourth-order valence-electron chi connectivity index (χ4n) is 3.18. The third-order valence-corrected chi connectivity index (χ3v) is 4.59. The molecular weight excluding hydrogens is 294 g/mol. The van der Waals surface area contributed by atoms with Crippen molar-refractivity contribution in [3.63, 3.8) is 0 Å². The number of hydrogen-bond acceptors (Lipinski definition) is 3. The Bertz CT molecular complexity index is 820. The van der Waals surface area contributed by atoms with Crippen LogP contribution in [0.2, 0.25) is 0 Å². The standard InChI is InChI=1S/C17H17N3O3/c1-19-15(10-2-3-10)7-14(18-19)16(21)20-8-12-5-4-11(17(22)23)6-13(12)9-20/h4-7,10H,2-3,8-9H2,1H3,(H,22,23). The lowest BCUT2D eigenvalue weighted by Crippen LogP contribution is -2.25. The van der Waals surface area contributed by atoms with E-state index >= 15 is 0 Å². The van der Waals surface area contributed by atoms with E-state index in [9.17, 15) is 9.59 Å². The Balaban J connectivity index is 1.56. The summed E-state index contributed by atoms with van der Waals surface area (Å²) in [7, 11) is 1.88. The molecule has 0 unspecified atom stereocenters. The van der Waals surface area contributed by atoms with Crippen LogP contribution >= 0.6 is 0 Å². The highest BCUT2D eigenvalue weighted by Gasteiger charge is 2.31. The minimum Gasteiger partial charge on any atom is -0.478 e. The van der Waals surface area contributed by atoms with Gasteiger partial charge >= 0.3 is 5.97 Å². The zero-order chi connectivity index (χ0) is 16.1. The number of aromatic nitrogens is 2. The number of rotatable bonds is 3. The molecule has 1 aliphatic carbocycles. The largest absolute Gasteiger partial charge is 0.478 e. The molecule has 1 aromatic carbocycles. The van der Waals surface area contributed by atoms with Crippen molar-refractivity contribution in [1.82, 2.24) is 14.7 Å². The molecule has 6 heteroatoms. The molecule has 1 saturated carbocycles. The van der Waals surface area contributed by atoms with Crippen LogP contribution in [0.15, 0.2) is 24.3 Å². The van der Waals surface area contributed by atoms with Gasteiger partial charge in [-0.25, -0.2) is 4.79 Å². The summed E-state index contributed by atoms with van der Waals surface area (Å²) in [5, 5.41) is 13.4. The number of carbonyl (C=O) groups excluding carboxylic acids is 1. The van der Waals surface area contributed by atoms with E-state index in [0.717, 1.165) is 16.8 Å². The van der Waals surface area contributed by atoms with Crippen LogP contribution in [0.1, 0.15) is 56.4 Å². The maximum atomic E-state index is 12.7. The van der Waals surface area contributed by atoms with Crippen LogP contribution < -0.4 is 0 Å². The number of benzene rings is 1. The van der Waals surface area contributed by atoms with Crippen LogP contribution in [0.3, 0.4) is 0 Å². The SMILES string of the molecule is Cn1nc(C(=O)N2Cc3ccc(C(=O)O)cc3C2)cc1C1CC1. The predicted octanol–water partition coefficient (Wildman–Crippen LogP) is 2.15. The van der Waals surface area contributed by atoms with E-state index in [0.29, 0.717) is 24.7 Å². The van der Waals surface area contributed by atoms with Crippen LogP contribution in [0.25, 0.3) is 0 Å². The van der Waals surface area contributed by atoms with Gasteiger partial charge in [0.1, 0.15) is 0 Å². The van der Waals surface area contributed by atoms with Crippen molar-refractivity contribution in [3.8, 4) is 0 Å². The van der Waals surface area contributed by atoms with E-state index in [-0.39, 0.29) is 11.5 Å². The van der Waals surface area contributed by atoms with Crippen molar-refractivity contribution in [2.24, 2.45) is 7.05 Å². The molecule has 0 spiro atoms. The van der Waals surface area contributed by atoms with Gasteiger partial charge in [0, 0.05) is 31.7 Å². The number of amides is 1. The second-order valence-electron chi connectivity index (χ2n) is 6.30. The summed E-state index contributed by atoms with van der Waals surface area (Å²) in [6.07, 6.45) is 2.33. The summed E-state index contributed by atoms with van der Waals surface area (Å²) in [6.45, 7) is 0.939. The highest BCUT2D eigenvalue weighted by Crippen LogP contribution is 2.40. The molecule has 0 saturated heterocycles. The van der Waals surface area contributed by atoms with E-state index in [4.69, 9.17) is 5.11 Å². The zero-order valence-electron chi connectivity index (χ0n) is 12.8. The van der Waals surface area contributed by atoms with E-state index in [1.165, 1.54) is 12.8 Å². The maximum Gasteiger partial charge on any atom is 0.335 e. The molecule has 1 N–H and O–H groups in total. The fourth-order valence-corrected chi connectivity index (χ4v) is 3.18. The van der Waals surface area contributed by atoms with Crippen molar-refractivity contribution in [2.75, 3.05) is 0 Å². The van der Waals surface area contributed by atoms with Gasteiger partial charge in [-0.3, -0.25) is 9.48 Å². The Morgan fingerprint density at radius 3 is 2.61 bits per heavy atom. The molecule has 6 nitrogen and oxygen atoms in total. The molecule has 2 heterocycles. The monoisotopic (exact) mass is 311 g/mol. The van der Waals surface area contributed by atoms with Crippen LogP contribution in [-0.4, -0.2) is 31.7 Å². The third-order valence-electron chi connectivity index (χ3n) is 4.59. The Labute approximate surface area is 133 Å². The second kappa shape index (κ2) is 4.94. The molecule has 1 aliphatic heterocycles. The van der Waals surface area contributed by atoms with Gasteiger partial charge in [0.2, 0.25) is 0 Å². The molecule has 2 aromatic rings. The van der Waals surface area contributed by atoms with E-state index < -0.39 is 5.97 Å². The first-order valence-electron chi connectivity index (χ1n) is 7.71. The smallest absolute Gasteiger partial charge is 0.335 e. The topological polar surface area (TPSA) is 75.4 Å². The molecule has 2 aliphatic rings.